The Bertz CT molecular complexity index is 374. The zero-order chi connectivity index (χ0) is 12.4. The maximum absolute atomic E-state index is 4.92. The summed E-state index contributed by atoms with van der Waals surface area (Å²) in [5.41, 5.74) is 1.31. The number of thiazole rings is 1. The summed E-state index contributed by atoms with van der Waals surface area (Å²) in [6.07, 6.45) is 9.50. The number of aromatic nitrogens is 1. The molecule has 0 amide bonds. The molecule has 100 valence electrons. The average molecular weight is 264 g/mol. The third kappa shape index (κ3) is 2.62. The fourth-order valence-electron chi connectivity index (χ4n) is 3.40. The number of nitrogens with one attached hydrogen (secondary N) is 1. The Morgan fingerprint density at radius 2 is 2.11 bits per heavy atom. The Balaban J connectivity index is 1.62. The van der Waals surface area contributed by atoms with Crippen LogP contribution in [0.4, 0.5) is 0 Å². The van der Waals surface area contributed by atoms with Crippen LogP contribution in [0.2, 0.25) is 0 Å². The summed E-state index contributed by atoms with van der Waals surface area (Å²) in [7, 11) is 0. The van der Waals surface area contributed by atoms with E-state index >= 15 is 0 Å². The van der Waals surface area contributed by atoms with Crippen LogP contribution in [-0.4, -0.2) is 11.5 Å². The summed E-state index contributed by atoms with van der Waals surface area (Å²) >= 11 is 1.90. The van der Waals surface area contributed by atoms with Crippen LogP contribution in [0.3, 0.4) is 0 Å². The van der Waals surface area contributed by atoms with Gasteiger partial charge in [0.15, 0.2) is 0 Å². The van der Waals surface area contributed by atoms with Gasteiger partial charge in [0, 0.05) is 11.3 Å². The number of nitrogens with zero attached hydrogens (tertiary/aromatic N) is 1. The molecule has 2 nitrogen and oxygen atoms in total. The molecule has 2 fully saturated rings. The molecule has 2 heterocycles. The zero-order valence-corrected chi connectivity index (χ0v) is 12.1. The van der Waals surface area contributed by atoms with E-state index in [0.717, 1.165) is 11.8 Å². The minimum absolute atomic E-state index is 0.544. The first-order valence-electron chi connectivity index (χ1n) is 7.55. The van der Waals surface area contributed by atoms with Gasteiger partial charge < -0.3 is 5.32 Å². The zero-order valence-electron chi connectivity index (χ0n) is 11.3. The largest absolute Gasteiger partial charge is 0.309 e. The van der Waals surface area contributed by atoms with E-state index < -0.39 is 0 Å². The molecule has 0 spiro atoms. The summed E-state index contributed by atoms with van der Waals surface area (Å²) < 4.78 is 0. The van der Waals surface area contributed by atoms with E-state index in [4.69, 9.17) is 4.98 Å². The van der Waals surface area contributed by atoms with E-state index in [1.807, 2.05) is 11.3 Å². The molecule has 0 aromatic carbocycles. The Morgan fingerprint density at radius 3 is 2.78 bits per heavy atom. The van der Waals surface area contributed by atoms with Crippen molar-refractivity contribution in [3.05, 3.63) is 16.1 Å². The molecule has 3 rings (SSSR count). The van der Waals surface area contributed by atoms with E-state index in [0.29, 0.717) is 6.04 Å². The summed E-state index contributed by atoms with van der Waals surface area (Å²) in [5.74, 6) is 1.74. The summed E-state index contributed by atoms with van der Waals surface area (Å²) in [6, 6.07) is 0.544. The molecule has 1 N–H and O–H groups in total. The smallest absolute Gasteiger partial charge is 0.0959 e. The molecule has 1 aliphatic carbocycles. The molecule has 0 unspecified atom stereocenters. The molecule has 1 aliphatic heterocycles. The van der Waals surface area contributed by atoms with Crippen molar-refractivity contribution in [1.29, 1.82) is 0 Å². The highest BCUT2D eigenvalue weighted by atomic mass is 32.1. The standard InChI is InChI=1S/C15H24N2S/c1-2-11-5-7-12(8-6-11)15-17-14(10-18-15)13-4-3-9-16-13/h10-13,16H,2-9H2,1H3/t11?,12?,13-/m0/s1. The maximum atomic E-state index is 4.92. The molecule has 3 heteroatoms. The lowest BCUT2D eigenvalue weighted by Crippen LogP contribution is -2.14. The van der Waals surface area contributed by atoms with E-state index in [9.17, 15) is 0 Å². The molecule has 2 aliphatic rings. The van der Waals surface area contributed by atoms with Crippen molar-refractivity contribution in [3.8, 4) is 0 Å². The number of hydrogen-bond donors (Lipinski definition) is 1. The maximum Gasteiger partial charge on any atom is 0.0959 e. The van der Waals surface area contributed by atoms with E-state index in [-0.39, 0.29) is 0 Å². The first-order chi connectivity index (χ1) is 8.86. The van der Waals surface area contributed by atoms with Crippen LogP contribution in [0.15, 0.2) is 5.38 Å². The predicted octanol–water partition coefficient (Wildman–Crippen LogP) is 4.25. The summed E-state index contributed by atoms with van der Waals surface area (Å²) in [6.45, 7) is 3.50. The third-order valence-electron chi connectivity index (χ3n) is 4.73. The normalized spacial score (nSPS) is 32.8. The molecule has 1 saturated carbocycles. The molecule has 1 aromatic rings. The van der Waals surface area contributed by atoms with Gasteiger partial charge in [-0.15, -0.1) is 11.3 Å². The fraction of sp³-hybridized carbons (Fsp3) is 0.800. The second kappa shape index (κ2) is 5.70. The highest BCUT2D eigenvalue weighted by Gasteiger charge is 2.25. The first-order valence-corrected chi connectivity index (χ1v) is 8.43. The van der Waals surface area contributed by atoms with Gasteiger partial charge in [-0.3, -0.25) is 0 Å². The second-order valence-corrected chi connectivity index (χ2v) is 6.78. The molecule has 18 heavy (non-hydrogen) atoms. The summed E-state index contributed by atoms with van der Waals surface area (Å²) in [4.78, 5) is 4.92. The van der Waals surface area contributed by atoms with E-state index in [2.05, 4.69) is 17.6 Å². The van der Waals surface area contributed by atoms with E-state index in [1.54, 1.807) is 0 Å². The lowest BCUT2D eigenvalue weighted by Gasteiger charge is -2.26. The molecular weight excluding hydrogens is 240 g/mol. The molecule has 0 bridgehead atoms. The van der Waals surface area contributed by atoms with Crippen LogP contribution in [0.25, 0.3) is 0 Å². The van der Waals surface area contributed by atoms with Gasteiger partial charge in [-0.1, -0.05) is 13.3 Å². The average Bonchev–Trinajstić information content (AvgIpc) is 3.09. The van der Waals surface area contributed by atoms with Gasteiger partial charge >= 0.3 is 0 Å². The predicted molar refractivity (Wildman–Crippen MR) is 77.1 cm³/mol. The first kappa shape index (κ1) is 12.6. The minimum atomic E-state index is 0.544. The van der Waals surface area contributed by atoms with Gasteiger partial charge in [0.25, 0.3) is 0 Å². The SMILES string of the molecule is CCC1CCC(c2nc([C@@H]3CCCN3)cs2)CC1. The highest BCUT2D eigenvalue weighted by Crippen LogP contribution is 2.38. The molecular formula is C15H24N2S. The molecule has 1 atom stereocenters. The monoisotopic (exact) mass is 264 g/mol. The van der Waals surface area contributed by atoms with Gasteiger partial charge in [0.05, 0.1) is 16.7 Å². The molecule has 1 saturated heterocycles. The topological polar surface area (TPSA) is 24.9 Å². The van der Waals surface area contributed by atoms with Crippen LogP contribution >= 0.6 is 11.3 Å². The van der Waals surface area contributed by atoms with Crippen LogP contribution < -0.4 is 5.32 Å². The Kier molecular flexibility index (Phi) is 4.00. The van der Waals surface area contributed by atoms with Crippen molar-refractivity contribution in [2.75, 3.05) is 6.54 Å². The number of rotatable bonds is 3. The Hall–Kier alpha value is -0.410. The number of hydrogen-bond acceptors (Lipinski definition) is 3. The van der Waals surface area contributed by atoms with Crippen LogP contribution in [0, 0.1) is 5.92 Å². The van der Waals surface area contributed by atoms with Crippen LogP contribution in [0.1, 0.15) is 74.5 Å². The fourth-order valence-corrected chi connectivity index (χ4v) is 4.45. The van der Waals surface area contributed by atoms with Gasteiger partial charge in [-0.2, -0.15) is 0 Å². The van der Waals surface area contributed by atoms with Gasteiger partial charge in [0.1, 0.15) is 0 Å². The second-order valence-electron chi connectivity index (χ2n) is 5.89. The van der Waals surface area contributed by atoms with Crippen molar-refractivity contribution in [3.63, 3.8) is 0 Å². The van der Waals surface area contributed by atoms with Crippen molar-refractivity contribution in [1.82, 2.24) is 10.3 Å². The highest BCUT2D eigenvalue weighted by molar-refractivity contribution is 7.09. The van der Waals surface area contributed by atoms with Crippen LogP contribution in [-0.2, 0) is 0 Å². The van der Waals surface area contributed by atoms with E-state index in [1.165, 1.54) is 62.2 Å². The lowest BCUT2D eigenvalue weighted by atomic mass is 9.81. The van der Waals surface area contributed by atoms with Crippen molar-refractivity contribution in [2.45, 2.75) is 63.8 Å². The minimum Gasteiger partial charge on any atom is -0.309 e. The van der Waals surface area contributed by atoms with Crippen molar-refractivity contribution < 1.29 is 0 Å². The van der Waals surface area contributed by atoms with Crippen LogP contribution in [0.5, 0.6) is 0 Å². The van der Waals surface area contributed by atoms with Crippen molar-refractivity contribution in [2.24, 2.45) is 5.92 Å². The molecule has 0 radical (unpaired) electrons. The third-order valence-corrected chi connectivity index (χ3v) is 5.76. The van der Waals surface area contributed by atoms with Crippen molar-refractivity contribution >= 4 is 11.3 Å². The quantitative estimate of drug-likeness (QED) is 0.882. The van der Waals surface area contributed by atoms with Gasteiger partial charge in [-0.25, -0.2) is 4.98 Å². The lowest BCUT2D eigenvalue weighted by molar-refractivity contribution is 0.318. The molecule has 1 aromatic heterocycles. The summed E-state index contributed by atoms with van der Waals surface area (Å²) in [5, 5.41) is 7.26. The Morgan fingerprint density at radius 1 is 1.28 bits per heavy atom. The Labute approximate surface area is 114 Å². The van der Waals surface area contributed by atoms with Gasteiger partial charge in [-0.05, 0) is 51.0 Å². The van der Waals surface area contributed by atoms with Gasteiger partial charge in [0.2, 0.25) is 0 Å².